The molecule has 2 rings (SSSR count). The Bertz CT molecular complexity index is 541. The normalized spacial score (nSPS) is 10.8. The van der Waals surface area contributed by atoms with Crippen LogP contribution in [0.4, 0.5) is 0 Å². The van der Waals surface area contributed by atoms with Crippen LogP contribution in [0.1, 0.15) is 35.9 Å². The summed E-state index contributed by atoms with van der Waals surface area (Å²) >= 11 is 0. The van der Waals surface area contributed by atoms with Gasteiger partial charge in [0.15, 0.2) is 6.29 Å². The molecule has 17 heavy (non-hydrogen) atoms. The Morgan fingerprint density at radius 2 is 2.00 bits per heavy atom. The summed E-state index contributed by atoms with van der Waals surface area (Å²) in [5.74, 6) is 0. The van der Waals surface area contributed by atoms with Crippen LogP contribution in [0.25, 0.3) is 11.3 Å². The van der Waals surface area contributed by atoms with Crippen molar-refractivity contribution in [2.24, 2.45) is 0 Å². The molecular weight excluding hydrogens is 212 g/mol. The van der Waals surface area contributed by atoms with E-state index in [1.165, 1.54) is 5.56 Å². The smallest absolute Gasteiger partial charge is 0.170 e. The van der Waals surface area contributed by atoms with Crippen molar-refractivity contribution in [3.05, 3.63) is 41.6 Å². The molecule has 0 atom stereocenters. The highest BCUT2D eigenvalue weighted by Crippen LogP contribution is 2.26. The quantitative estimate of drug-likeness (QED) is 0.756. The van der Waals surface area contributed by atoms with Crippen molar-refractivity contribution >= 4 is 6.29 Å². The van der Waals surface area contributed by atoms with Crippen molar-refractivity contribution < 1.29 is 4.79 Å². The molecule has 0 N–H and O–H groups in total. The van der Waals surface area contributed by atoms with Gasteiger partial charge in [-0.05, 0) is 32.4 Å². The van der Waals surface area contributed by atoms with E-state index in [9.17, 15) is 4.79 Å². The molecule has 0 aliphatic rings. The highest BCUT2D eigenvalue weighted by atomic mass is 16.1. The van der Waals surface area contributed by atoms with Crippen LogP contribution in [0.2, 0.25) is 0 Å². The summed E-state index contributed by atoms with van der Waals surface area (Å²) in [6.45, 7) is 6.18. The van der Waals surface area contributed by atoms with Gasteiger partial charge >= 0.3 is 0 Å². The number of rotatable bonds is 3. The molecule has 1 aromatic carbocycles. The Hall–Kier alpha value is -1.90. The number of carbonyl (C=O) groups is 1. The predicted octanol–water partition coefficient (Wildman–Crippen LogP) is 3.25. The molecule has 0 bridgehead atoms. The van der Waals surface area contributed by atoms with Crippen LogP contribution in [0, 0.1) is 6.92 Å². The van der Waals surface area contributed by atoms with Gasteiger partial charge in [-0.2, -0.15) is 5.10 Å². The Balaban J connectivity index is 2.62. The molecule has 1 heterocycles. The average Bonchev–Trinajstić information content (AvgIpc) is 2.73. The number of nitrogens with zero attached hydrogens (tertiary/aromatic N) is 2. The number of carbonyl (C=O) groups excluding carboxylic acids is 1. The second kappa shape index (κ2) is 4.53. The second-order valence-corrected chi connectivity index (χ2v) is 4.43. The first-order valence-corrected chi connectivity index (χ1v) is 5.74. The molecule has 0 amide bonds. The van der Waals surface area contributed by atoms with Crippen LogP contribution in [0.3, 0.4) is 0 Å². The zero-order valence-electron chi connectivity index (χ0n) is 10.3. The van der Waals surface area contributed by atoms with Crippen molar-refractivity contribution in [1.29, 1.82) is 0 Å². The van der Waals surface area contributed by atoms with E-state index < -0.39 is 0 Å². The number of aryl methyl sites for hydroxylation is 1. The number of benzene rings is 1. The van der Waals surface area contributed by atoms with E-state index in [1.807, 2.05) is 22.9 Å². The fraction of sp³-hybridized carbons (Fsp3) is 0.286. The molecule has 0 spiro atoms. The van der Waals surface area contributed by atoms with Crippen molar-refractivity contribution in [3.8, 4) is 11.3 Å². The lowest BCUT2D eigenvalue weighted by Gasteiger charge is -2.12. The minimum atomic E-state index is 0.235. The van der Waals surface area contributed by atoms with E-state index in [4.69, 9.17) is 0 Å². The molecule has 88 valence electrons. The fourth-order valence-electron chi connectivity index (χ4n) is 1.93. The molecule has 0 fully saturated rings. The molecule has 1 aromatic heterocycles. The number of aldehydes is 1. The average molecular weight is 228 g/mol. The predicted molar refractivity (Wildman–Crippen MR) is 68.2 cm³/mol. The van der Waals surface area contributed by atoms with Gasteiger partial charge in [-0.25, -0.2) is 0 Å². The van der Waals surface area contributed by atoms with Crippen LogP contribution in [-0.2, 0) is 0 Å². The van der Waals surface area contributed by atoms with Crippen molar-refractivity contribution in [2.75, 3.05) is 0 Å². The van der Waals surface area contributed by atoms with Gasteiger partial charge < -0.3 is 0 Å². The molecule has 0 unspecified atom stereocenters. The van der Waals surface area contributed by atoms with Gasteiger partial charge in [-0.15, -0.1) is 0 Å². The van der Waals surface area contributed by atoms with E-state index in [-0.39, 0.29) is 6.04 Å². The Morgan fingerprint density at radius 3 is 2.59 bits per heavy atom. The van der Waals surface area contributed by atoms with Crippen molar-refractivity contribution in [3.63, 3.8) is 0 Å². The lowest BCUT2D eigenvalue weighted by atomic mass is 10.1. The first-order chi connectivity index (χ1) is 8.13. The van der Waals surface area contributed by atoms with Gasteiger partial charge in [-0.1, -0.05) is 24.3 Å². The fourth-order valence-corrected chi connectivity index (χ4v) is 1.93. The summed E-state index contributed by atoms with van der Waals surface area (Å²) in [6.07, 6.45) is 0.792. The third kappa shape index (κ3) is 2.13. The Labute approximate surface area is 101 Å². The third-order valence-electron chi connectivity index (χ3n) is 2.79. The Kier molecular flexibility index (Phi) is 3.09. The van der Waals surface area contributed by atoms with Gasteiger partial charge in [0, 0.05) is 11.6 Å². The van der Waals surface area contributed by atoms with Crippen LogP contribution >= 0.6 is 0 Å². The van der Waals surface area contributed by atoms with Gasteiger partial charge in [0.05, 0.1) is 5.69 Å². The van der Waals surface area contributed by atoms with E-state index in [0.717, 1.165) is 17.5 Å². The maximum absolute atomic E-state index is 10.8. The molecule has 0 saturated carbocycles. The number of hydrogen-bond donors (Lipinski definition) is 0. The minimum Gasteiger partial charge on any atom is -0.296 e. The van der Waals surface area contributed by atoms with E-state index >= 15 is 0 Å². The third-order valence-corrected chi connectivity index (χ3v) is 2.79. The molecule has 2 aromatic rings. The van der Waals surface area contributed by atoms with Crippen LogP contribution in [-0.4, -0.2) is 16.1 Å². The van der Waals surface area contributed by atoms with Gasteiger partial charge in [0.1, 0.15) is 5.69 Å². The molecule has 3 heteroatoms. The van der Waals surface area contributed by atoms with Gasteiger partial charge in [-0.3, -0.25) is 9.48 Å². The maximum atomic E-state index is 10.8. The molecule has 0 saturated heterocycles. The highest BCUT2D eigenvalue weighted by Gasteiger charge is 2.13. The van der Waals surface area contributed by atoms with E-state index in [1.54, 1.807) is 0 Å². The minimum absolute atomic E-state index is 0.235. The summed E-state index contributed by atoms with van der Waals surface area (Å²) in [4.78, 5) is 10.8. The summed E-state index contributed by atoms with van der Waals surface area (Å²) in [5, 5.41) is 4.29. The highest BCUT2D eigenvalue weighted by molar-refractivity contribution is 5.76. The van der Waals surface area contributed by atoms with E-state index in [2.05, 4.69) is 38.0 Å². The summed E-state index contributed by atoms with van der Waals surface area (Å²) < 4.78 is 1.89. The zero-order valence-corrected chi connectivity index (χ0v) is 10.3. The van der Waals surface area contributed by atoms with Gasteiger partial charge in [0.25, 0.3) is 0 Å². The van der Waals surface area contributed by atoms with Crippen molar-refractivity contribution in [2.45, 2.75) is 26.8 Å². The van der Waals surface area contributed by atoms with Gasteiger partial charge in [0.2, 0.25) is 0 Å². The monoisotopic (exact) mass is 228 g/mol. The standard InChI is InChI=1S/C14H16N2O/c1-10(2)16-14(8-12(9-17)15-16)13-7-5-4-6-11(13)3/h4-10H,1-3H3. The molecule has 0 radical (unpaired) electrons. The van der Waals surface area contributed by atoms with Crippen LogP contribution < -0.4 is 0 Å². The molecular formula is C14H16N2O. The summed E-state index contributed by atoms with van der Waals surface area (Å²) in [6, 6.07) is 10.2. The number of aromatic nitrogens is 2. The lowest BCUT2D eigenvalue weighted by Crippen LogP contribution is -2.05. The summed E-state index contributed by atoms with van der Waals surface area (Å²) in [7, 11) is 0. The first-order valence-electron chi connectivity index (χ1n) is 5.74. The van der Waals surface area contributed by atoms with Crippen LogP contribution in [0.5, 0.6) is 0 Å². The molecule has 3 nitrogen and oxygen atoms in total. The number of hydrogen-bond acceptors (Lipinski definition) is 2. The lowest BCUT2D eigenvalue weighted by molar-refractivity contribution is 0.111. The largest absolute Gasteiger partial charge is 0.296 e. The van der Waals surface area contributed by atoms with Crippen LogP contribution in [0.15, 0.2) is 30.3 Å². The second-order valence-electron chi connectivity index (χ2n) is 4.43. The topological polar surface area (TPSA) is 34.9 Å². The van der Waals surface area contributed by atoms with Crippen molar-refractivity contribution in [1.82, 2.24) is 9.78 Å². The molecule has 0 aliphatic heterocycles. The van der Waals surface area contributed by atoms with E-state index in [0.29, 0.717) is 5.69 Å². The molecule has 0 aliphatic carbocycles. The first kappa shape index (κ1) is 11.6. The zero-order chi connectivity index (χ0) is 12.4. The summed E-state index contributed by atoms with van der Waals surface area (Å²) in [5.41, 5.74) is 3.80. The Morgan fingerprint density at radius 1 is 1.29 bits per heavy atom. The SMILES string of the molecule is Cc1ccccc1-c1cc(C=O)nn1C(C)C. The maximum Gasteiger partial charge on any atom is 0.170 e.